The normalized spacial score (nSPS) is 16.2. The molecule has 2 heterocycles. The number of benzene rings is 2. The molecule has 1 aliphatic rings. The fourth-order valence-corrected chi connectivity index (χ4v) is 5.05. The summed E-state index contributed by atoms with van der Waals surface area (Å²) in [6.07, 6.45) is 3.57. The maximum Gasteiger partial charge on any atom is 0.340 e. The largest absolute Gasteiger partial charge is 0.465 e. The van der Waals surface area contributed by atoms with Crippen LogP contribution in [0.1, 0.15) is 22.5 Å². The minimum atomic E-state index is -0.464. The van der Waals surface area contributed by atoms with Crippen molar-refractivity contribution in [2.75, 3.05) is 14.2 Å². The lowest BCUT2D eigenvalue weighted by molar-refractivity contribution is -0.134. The van der Waals surface area contributed by atoms with Gasteiger partial charge < -0.3 is 19.4 Å². The van der Waals surface area contributed by atoms with E-state index in [9.17, 15) is 9.59 Å². The highest BCUT2D eigenvalue weighted by Gasteiger charge is 2.28. The molecular formula is C24H16I2N2O4. The van der Waals surface area contributed by atoms with Crippen molar-refractivity contribution in [1.29, 1.82) is 0 Å². The highest BCUT2D eigenvalue weighted by Crippen LogP contribution is 2.39. The molecule has 0 atom stereocenters. The standard InChI is InChI=1S/C24H16I2N2O4/c1-31-23(29)17-9-15-13-7-11(25)4-6-20(13)28-22(15)18(24(30)32-2)10-16-14-8-12(26)3-5-19(14)27-21(16)17/h3-10,27-28H,1-2H3/b15-9?,16-10?,17-9+,18-10+,21-17?,22-18?. The van der Waals surface area contributed by atoms with Gasteiger partial charge in [-0.15, -0.1) is 0 Å². The number of aromatic amines is 2. The second kappa shape index (κ2) is 8.07. The summed E-state index contributed by atoms with van der Waals surface area (Å²) >= 11 is 4.49. The first kappa shape index (κ1) is 21.3. The lowest BCUT2D eigenvalue weighted by Gasteiger charge is -2.13. The Morgan fingerprint density at radius 1 is 0.719 bits per heavy atom. The average molecular weight is 650 g/mol. The summed E-state index contributed by atoms with van der Waals surface area (Å²) in [4.78, 5) is 32.5. The predicted octanol–water partition coefficient (Wildman–Crippen LogP) is 5.60. The van der Waals surface area contributed by atoms with Gasteiger partial charge >= 0.3 is 11.9 Å². The number of halogens is 2. The molecule has 2 aromatic heterocycles. The third-order valence-corrected chi connectivity index (χ3v) is 6.87. The number of carbonyl (C=O) groups is 2. The van der Waals surface area contributed by atoms with Gasteiger partial charge in [0.2, 0.25) is 0 Å². The van der Waals surface area contributed by atoms with Gasteiger partial charge in [0.05, 0.1) is 36.8 Å². The molecule has 0 radical (unpaired) electrons. The number of H-pyrrole nitrogens is 2. The number of methoxy groups -OCH3 is 2. The first-order valence-electron chi connectivity index (χ1n) is 9.64. The average Bonchev–Trinajstić information content (AvgIpc) is 3.30. The Bertz CT molecular complexity index is 1390. The van der Waals surface area contributed by atoms with Gasteiger partial charge in [-0.05, 0) is 93.7 Å². The second-order valence-electron chi connectivity index (χ2n) is 7.31. The zero-order valence-corrected chi connectivity index (χ0v) is 21.3. The summed E-state index contributed by atoms with van der Waals surface area (Å²) in [6, 6.07) is 11.9. The summed E-state index contributed by atoms with van der Waals surface area (Å²) in [5.74, 6) is -0.929. The van der Waals surface area contributed by atoms with Gasteiger partial charge in [0.25, 0.3) is 0 Å². The Morgan fingerprint density at radius 3 is 1.50 bits per heavy atom. The molecular weight excluding hydrogens is 634 g/mol. The third-order valence-electron chi connectivity index (χ3n) is 5.53. The van der Waals surface area contributed by atoms with E-state index in [0.29, 0.717) is 22.5 Å². The molecule has 6 nitrogen and oxygen atoms in total. The van der Waals surface area contributed by atoms with Crippen molar-refractivity contribution < 1.29 is 19.1 Å². The molecule has 2 N–H and O–H groups in total. The number of esters is 2. The molecule has 5 rings (SSSR count). The van der Waals surface area contributed by atoms with E-state index in [0.717, 1.165) is 40.1 Å². The number of rotatable bonds is 2. The van der Waals surface area contributed by atoms with Crippen LogP contribution in [0.2, 0.25) is 0 Å². The molecule has 0 spiro atoms. The van der Waals surface area contributed by atoms with E-state index in [2.05, 4.69) is 55.1 Å². The lowest BCUT2D eigenvalue weighted by atomic mass is 9.94. The first-order valence-corrected chi connectivity index (χ1v) is 11.8. The Hall–Kier alpha value is -2.60. The van der Waals surface area contributed by atoms with E-state index in [-0.39, 0.29) is 0 Å². The highest BCUT2D eigenvalue weighted by atomic mass is 127. The summed E-state index contributed by atoms with van der Waals surface area (Å²) in [5, 5.41) is 1.80. The molecule has 0 fully saturated rings. The van der Waals surface area contributed by atoms with Crippen LogP contribution in [0, 0.1) is 7.14 Å². The zero-order valence-electron chi connectivity index (χ0n) is 17.0. The van der Waals surface area contributed by atoms with Crippen LogP contribution in [0.5, 0.6) is 0 Å². The van der Waals surface area contributed by atoms with Crippen molar-refractivity contribution in [1.82, 2.24) is 9.97 Å². The molecule has 0 aliphatic heterocycles. The van der Waals surface area contributed by atoms with Crippen molar-refractivity contribution in [2.24, 2.45) is 0 Å². The van der Waals surface area contributed by atoms with Crippen molar-refractivity contribution in [2.45, 2.75) is 0 Å². The summed E-state index contributed by atoms with van der Waals surface area (Å²) < 4.78 is 12.3. The number of ether oxygens (including phenoxy) is 2. The van der Waals surface area contributed by atoms with Crippen molar-refractivity contribution in [3.63, 3.8) is 0 Å². The minimum Gasteiger partial charge on any atom is -0.465 e. The van der Waals surface area contributed by atoms with E-state index < -0.39 is 11.9 Å². The Morgan fingerprint density at radius 2 is 1.12 bits per heavy atom. The second-order valence-corrected chi connectivity index (χ2v) is 9.80. The molecule has 0 saturated carbocycles. The Labute approximate surface area is 210 Å². The summed E-state index contributed by atoms with van der Waals surface area (Å²) in [6.45, 7) is 0. The van der Waals surface area contributed by atoms with Crippen LogP contribution in [-0.4, -0.2) is 36.1 Å². The first-order chi connectivity index (χ1) is 15.4. The van der Waals surface area contributed by atoms with Gasteiger partial charge in [-0.1, -0.05) is 0 Å². The Balaban J connectivity index is 1.95. The van der Waals surface area contributed by atoms with Gasteiger partial charge in [-0.3, -0.25) is 0 Å². The molecule has 160 valence electrons. The maximum absolute atomic E-state index is 12.9. The number of fused-ring (bicyclic) bond motifs is 6. The molecule has 0 amide bonds. The van der Waals surface area contributed by atoms with Gasteiger partial charge in [0, 0.05) is 40.1 Å². The van der Waals surface area contributed by atoms with E-state index >= 15 is 0 Å². The summed E-state index contributed by atoms with van der Waals surface area (Å²) in [5.41, 5.74) is 5.14. The van der Waals surface area contributed by atoms with Crippen molar-refractivity contribution in [3.05, 3.63) is 66.1 Å². The molecule has 0 unspecified atom stereocenters. The molecule has 0 saturated heterocycles. The molecule has 0 bridgehead atoms. The minimum absolute atomic E-state index is 0.384. The highest BCUT2D eigenvalue weighted by molar-refractivity contribution is 14.1. The number of hydrogen-bond acceptors (Lipinski definition) is 4. The SMILES string of the molecule is COC(=O)/C1=C/c2c([nH]c3ccc(I)cc23)/C(C(=O)OC)=C\c2c1[nH]c1ccc(I)cc21. The number of hydrogen-bond donors (Lipinski definition) is 2. The molecule has 4 aromatic rings. The fraction of sp³-hybridized carbons (Fsp3) is 0.0833. The van der Waals surface area contributed by atoms with Crippen LogP contribution >= 0.6 is 45.2 Å². The lowest BCUT2D eigenvalue weighted by Crippen LogP contribution is -2.10. The number of aromatic nitrogens is 2. The maximum atomic E-state index is 12.9. The van der Waals surface area contributed by atoms with Crippen LogP contribution in [0.15, 0.2) is 36.4 Å². The van der Waals surface area contributed by atoms with Gasteiger partial charge in [-0.25, -0.2) is 9.59 Å². The van der Waals surface area contributed by atoms with Crippen LogP contribution in [0.3, 0.4) is 0 Å². The van der Waals surface area contributed by atoms with Crippen molar-refractivity contribution >= 4 is 102 Å². The van der Waals surface area contributed by atoms with E-state index in [4.69, 9.17) is 9.47 Å². The van der Waals surface area contributed by atoms with Gasteiger partial charge in [0.15, 0.2) is 0 Å². The molecule has 2 aromatic carbocycles. The fourth-order valence-electron chi connectivity index (χ4n) is 4.07. The monoisotopic (exact) mass is 650 g/mol. The topological polar surface area (TPSA) is 84.2 Å². The molecule has 32 heavy (non-hydrogen) atoms. The van der Waals surface area contributed by atoms with E-state index in [1.54, 1.807) is 12.2 Å². The van der Waals surface area contributed by atoms with Crippen LogP contribution < -0.4 is 0 Å². The predicted molar refractivity (Wildman–Crippen MR) is 142 cm³/mol. The van der Waals surface area contributed by atoms with Crippen LogP contribution in [0.25, 0.3) is 45.1 Å². The van der Waals surface area contributed by atoms with Crippen molar-refractivity contribution in [3.8, 4) is 0 Å². The summed E-state index contributed by atoms with van der Waals surface area (Å²) in [7, 11) is 2.73. The smallest absolute Gasteiger partial charge is 0.340 e. The van der Waals surface area contributed by atoms with E-state index in [1.165, 1.54) is 14.2 Å². The van der Waals surface area contributed by atoms with Gasteiger partial charge in [0.1, 0.15) is 0 Å². The molecule has 1 aliphatic carbocycles. The van der Waals surface area contributed by atoms with E-state index in [1.807, 2.05) is 36.4 Å². The Kier molecular flexibility index (Phi) is 5.36. The third kappa shape index (κ3) is 3.36. The van der Waals surface area contributed by atoms with Crippen LogP contribution in [0.4, 0.5) is 0 Å². The molecule has 8 heteroatoms. The van der Waals surface area contributed by atoms with Crippen LogP contribution in [-0.2, 0) is 19.1 Å². The quantitative estimate of drug-likeness (QED) is 0.219. The number of nitrogens with one attached hydrogen (secondary N) is 2. The number of carbonyl (C=O) groups excluding carboxylic acids is 2. The zero-order chi connectivity index (χ0) is 22.6. The van der Waals surface area contributed by atoms with Gasteiger partial charge in [-0.2, -0.15) is 0 Å².